The van der Waals surface area contributed by atoms with Gasteiger partial charge >= 0.3 is 5.97 Å². The van der Waals surface area contributed by atoms with E-state index in [4.69, 9.17) is 0 Å². The molecule has 112 valence electrons. The van der Waals surface area contributed by atoms with Gasteiger partial charge < -0.3 is 10.2 Å². The first-order valence-electron chi connectivity index (χ1n) is 7.04. The molecule has 0 saturated carbocycles. The zero-order valence-corrected chi connectivity index (χ0v) is 13.6. The number of hydrogen-bond donors (Lipinski definition) is 2. The minimum absolute atomic E-state index is 0.242. The lowest BCUT2D eigenvalue weighted by atomic mass is 9.75. The van der Waals surface area contributed by atoms with Gasteiger partial charge in [0.05, 0.1) is 5.56 Å². The fraction of sp³-hybridized carbons (Fsp3) is 0.588. The van der Waals surface area contributed by atoms with Gasteiger partial charge in [-0.1, -0.05) is 48.5 Å². The number of hydrogen-bond acceptors (Lipinski definition) is 2. The standard InChI is InChI=1S/C17H26O3/c1-8-10-11(15(19)20)9-12(16(2,3)4)14(18)13(10)17(5,6)7/h9,18H,8H2,1-7H3,(H,19,20). The van der Waals surface area contributed by atoms with Crippen molar-refractivity contribution in [2.45, 2.75) is 65.7 Å². The van der Waals surface area contributed by atoms with E-state index < -0.39 is 5.97 Å². The number of aromatic hydroxyl groups is 1. The Kier molecular flexibility index (Phi) is 4.23. The Morgan fingerprint density at radius 2 is 1.60 bits per heavy atom. The monoisotopic (exact) mass is 278 g/mol. The summed E-state index contributed by atoms with van der Waals surface area (Å²) in [4.78, 5) is 11.6. The van der Waals surface area contributed by atoms with E-state index in [0.717, 1.165) is 11.1 Å². The molecule has 3 heteroatoms. The van der Waals surface area contributed by atoms with Crippen LogP contribution in [-0.2, 0) is 17.3 Å². The highest BCUT2D eigenvalue weighted by atomic mass is 16.4. The van der Waals surface area contributed by atoms with Crippen LogP contribution in [0.25, 0.3) is 0 Å². The molecule has 0 aliphatic rings. The SMILES string of the molecule is CCc1c(C(=O)O)cc(C(C)(C)C)c(O)c1C(C)(C)C. The van der Waals surface area contributed by atoms with Crippen molar-refractivity contribution < 1.29 is 15.0 Å². The van der Waals surface area contributed by atoms with Crippen molar-refractivity contribution >= 4 is 5.97 Å². The molecular weight excluding hydrogens is 252 g/mol. The van der Waals surface area contributed by atoms with Crippen LogP contribution >= 0.6 is 0 Å². The summed E-state index contributed by atoms with van der Waals surface area (Å²) in [5.74, 6) is -0.690. The first kappa shape index (κ1) is 16.5. The maximum Gasteiger partial charge on any atom is 0.335 e. The first-order chi connectivity index (χ1) is 8.91. The number of rotatable bonds is 2. The summed E-state index contributed by atoms with van der Waals surface area (Å²) in [6.45, 7) is 13.9. The van der Waals surface area contributed by atoms with Crippen LogP contribution in [0, 0.1) is 0 Å². The molecule has 0 aliphatic heterocycles. The van der Waals surface area contributed by atoms with E-state index in [-0.39, 0.29) is 16.6 Å². The molecule has 0 bridgehead atoms. The Balaban J connectivity index is 3.89. The van der Waals surface area contributed by atoms with Crippen LogP contribution in [-0.4, -0.2) is 16.2 Å². The molecule has 0 saturated heterocycles. The van der Waals surface area contributed by atoms with Gasteiger partial charge in [0.15, 0.2) is 0 Å². The van der Waals surface area contributed by atoms with Crippen molar-refractivity contribution in [3.8, 4) is 5.75 Å². The third-order valence-corrected chi connectivity index (χ3v) is 3.55. The van der Waals surface area contributed by atoms with Gasteiger partial charge in [0.1, 0.15) is 5.75 Å². The summed E-state index contributed by atoms with van der Waals surface area (Å²) >= 11 is 0. The highest BCUT2D eigenvalue weighted by Gasteiger charge is 2.31. The molecule has 0 unspecified atom stereocenters. The number of phenolic OH excluding ortho intramolecular Hbond substituents is 1. The van der Waals surface area contributed by atoms with Gasteiger partial charge in [0, 0.05) is 11.1 Å². The molecule has 3 nitrogen and oxygen atoms in total. The molecule has 20 heavy (non-hydrogen) atoms. The van der Waals surface area contributed by atoms with Crippen LogP contribution in [0.3, 0.4) is 0 Å². The molecule has 0 aliphatic carbocycles. The maximum absolute atomic E-state index is 11.6. The molecule has 0 spiro atoms. The predicted molar refractivity (Wildman–Crippen MR) is 81.8 cm³/mol. The lowest BCUT2D eigenvalue weighted by molar-refractivity contribution is 0.0695. The molecule has 1 aromatic rings. The molecule has 1 aromatic carbocycles. The van der Waals surface area contributed by atoms with Crippen molar-refractivity contribution in [1.29, 1.82) is 0 Å². The van der Waals surface area contributed by atoms with Crippen molar-refractivity contribution in [3.05, 3.63) is 28.3 Å². The van der Waals surface area contributed by atoms with E-state index in [2.05, 4.69) is 0 Å². The average Bonchev–Trinajstić information content (AvgIpc) is 2.23. The lowest BCUT2D eigenvalue weighted by Gasteiger charge is -2.30. The second kappa shape index (κ2) is 5.12. The molecule has 0 heterocycles. The number of carbonyl (C=O) groups is 1. The zero-order valence-electron chi connectivity index (χ0n) is 13.6. The third kappa shape index (κ3) is 2.97. The molecule has 1 rings (SSSR count). The van der Waals surface area contributed by atoms with Crippen LogP contribution in [0.15, 0.2) is 6.07 Å². The third-order valence-electron chi connectivity index (χ3n) is 3.55. The Hall–Kier alpha value is -1.51. The highest BCUT2D eigenvalue weighted by Crippen LogP contribution is 2.42. The number of benzene rings is 1. The summed E-state index contributed by atoms with van der Waals surface area (Å²) in [7, 11) is 0. The van der Waals surface area contributed by atoms with Crippen LogP contribution in [0.4, 0.5) is 0 Å². The summed E-state index contributed by atoms with van der Waals surface area (Å²) in [6, 6.07) is 1.63. The van der Waals surface area contributed by atoms with Crippen LogP contribution in [0.1, 0.15) is 75.5 Å². The highest BCUT2D eigenvalue weighted by molar-refractivity contribution is 5.91. The van der Waals surface area contributed by atoms with Crippen molar-refractivity contribution in [2.75, 3.05) is 0 Å². The smallest absolute Gasteiger partial charge is 0.335 e. The van der Waals surface area contributed by atoms with E-state index in [1.165, 1.54) is 0 Å². The normalized spacial score (nSPS) is 12.6. The minimum Gasteiger partial charge on any atom is -0.507 e. The Bertz CT molecular complexity index is 529. The summed E-state index contributed by atoms with van der Waals surface area (Å²) < 4.78 is 0. The molecular formula is C17H26O3. The topological polar surface area (TPSA) is 57.5 Å². The van der Waals surface area contributed by atoms with Gasteiger partial charge in [0.2, 0.25) is 0 Å². The van der Waals surface area contributed by atoms with Gasteiger partial charge in [-0.05, 0) is 28.9 Å². The fourth-order valence-corrected chi connectivity index (χ4v) is 2.65. The van der Waals surface area contributed by atoms with Gasteiger partial charge in [0.25, 0.3) is 0 Å². The van der Waals surface area contributed by atoms with Crippen LogP contribution < -0.4 is 0 Å². The van der Waals surface area contributed by atoms with Crippen molar-refractivity contribution in [1.82, 2.24) is 0 Å². The number of phenols is 1. The molecule has 0 atom stereocenters. The minimum atomic E-state index is -0.933. The van der Waals surface area contributed by atoms with Gasteiger partial charge in [-0.2, -0.15) is 0 Å². The molecule has 0 radical (unpaired) electrons. The van der Waals surface area contributed by atoms with Gasteiger partial charge in [-0.3, -0.25) is 0 Å². The maximum atomic E-state index is 11.6. The van der Waals surface area contributed by atoms with Crippen molar-refractivity contribution in [3.63, 3.8) is 0 Å². The number of carboxylic acid groups (broad SMARTS) is 1. The second-order valence-electron chi connectivity index (χ2n) is 7.33. The average molecular weight is 278 g/mol. The fourth-order valence-electron chi connectivity index (χ4n) is 2.65. The molecule has 0 amide bonds. The van der Waals surface area contributed by atoms with Gasteiger partial charge in [-0.15, -0.1) is 0 Å². The van der Waals surface area contributed by atoms with Crippen LogP contribution in [0.5, 0.6) is 5.75 Å². The van der Waals surface area contributed by atoms with E-state index in [9.17, 15) is 15.0 Å². The quantitative estimate of drug-likeness (QED) is 0.850. The largest absolute Gasteiger partial charge is 0.507 e. The van der Waals surface area contributed by atoms with Gasteiger partial charge in [-0.25, -0.2) is 4.79 Å². The summed E-state index contributed by atoms with van der Waals surface area (Å²) in [5.41, 5.74) is 1.87. The summed E-state index contributed by atoms with van der Waals surface area (Å²) in [5, 5.41) is 20.2. The first-order valence-corrected chi connectivity index (χ1v) is 7.04. The number of aromatic carboxylic acids is 1. The zero-order chi connectivity index (χ0) is 15.9. The lowest BCUT2D eigenvalue weighted by Crippen LogP contribution is -2.22. The van der Waals surface area contributed by atoms with E-state index in [0.29, 0.717) is 17.5 Å². The van der Waals surface area contributed by atoms with E-state index in [1.807, 2.05) is 48.5 Å². The number of carboxylic acids is 1. The molecule has 0 aromatic heterocycles. The molecule has 2 N–H and O–H groups in total. The second-order valence-corrected chi connectivity index (χ2v) is 7.33. The van der Waals surface area contributed by atoms with Crippen LogP contribution in [0.2, 0.25) is 0 Å². The van der Waals surface area contributed by atoms with Crippen molar-refractivity contribution in [2.24, 2.45) is 0 Å². The molecule has 0 fully saturated rings. The predicted octanol–water partition coefficient (Wildman–Crippen LogP) is 4.25. The summed E-state index contributed by atoms with van der Waals surface area (Å²) in [6.07, 6.45) is 0.590. The van der Waals surface area contributed by atoms with E-state index >= 15 is 0 Å². The Labute approximate surface area is 121 Å². The Morgan fingerprint density at radius 3 is 1.90 bits per heavy atom. The Morgan fingerprint density at radius 1 is 1.10 bits per heavy atom. The van der Waals surface area contributed by atoms with E-state index in [1.54, 1.807) is 6.07 Å².